The van der Waals surface area contributed by atoms with Crippen LogP contribution in [0.2, 0.25) is 0 Å². The van der Waals surface area contributed by atoms with E-state index in [2.05, 4.69) is 14.2 Å². The van der Waals surface area contributed by atoms with E-state index in [9.17, 15) is 49.0 Å². The molecule has 18 heteroatoms. The van der Waals surface area contributed by atoms with Gasteiger partial charge in [0.15, 0.2) is 6.29 Å². The predicted molar refractivity (Wildman–Crippen MR) is 128 cm³/mol. The van der Waals surface area contributed by atoms with Gasteiger partial charge < -0.3 is 29.5 Å². The van der Waals surface area contributed by atoms with Crippen molar-refractivity contribution in [1.82, 2.24) is 0 Å². The lowest BCUT2D eigenvalue weighted by Crippen LogP contribution is -2.57. The summed E-state index contributed by atoms with van der Waals surface area (Å²) in [6.45, 7) is -2.27. The summed E-state index contributed by atoms with van der Waals surface area (Å²) in [5.41, 5.74) is 0.139. The molecule has 0 aliphatic heterocycles. The van der Waals surface area contributed by atoms with Crippen molar-refractivity contribution in [2.45, 2.75) is 75.9 Å². The largest absolute Gasteiger partial charge is 0.463 e. The lowest BCUT2D eigenvalue weighted by Gasteiger charge is -2.33. The number of rotatable bonds is 19. The Morgan fingerprint density at radius 1 is 0.659 bits per heavy atom. The molecule has 0 spiro atoms. The number of halogens is 10. The zero-order chi connectivity index (χ0) is 33.4. The molecule has 0 aliphatic rings. The van der Waals surface area contributed by atoms with Gasteiger partial charge in [-0.05, 0) is 35.2 Å². The molecule has 2 aromatic rings. The van der Waals surface area contributed by atoms with Crippen molar-refractivity contribution in [2.75, 3.05) is 13.2 Å². The van der Waals surface area contributed by atoms with E-state index < -0.39 is 74.7 Å². The van der Waals surface area contributed by atoms with Gasteiger partial charge in [-0.1, -0.05) is 43.3 Å². The van der Waals surface area contributed by atoms with Crippen LogP contribution in [-0.2, 0) is 38.6 Å². The molecule has 2 aromatic carbocycles. The summed E-state index contributed by atoms with van der Waals surface area (Å²) >= 11 is 0. The van der Waals surface area contributed by atoms with Gasteiger partial charge in [0, 0.05) is 0 Å². The molecule has 0 saturated heterocycles. The number of alkyl halides is 10. The van der Waals surface area contributed by atoms with Crippen LogP contribution in [0.3, 0.4) is 0 Å². The summed E-state index contributed by atoms with van der Waals surface area (Å²) in [6, 6.07) is 8.91. The van der Waals surface area contributed by atoms with E-state index >= 15 is 0 Å². The minimum Gasteiger partial charge on any atom is -0.463 e. The van der Waals surface area contributed by atoms with Crippen LogP contribution in [0, 0.1) is 0 Å². The molecule has 0 aromatic heterocycles. The summed E-state index contributed by atoms with van der Waals surface area (Å²) in [6.07, 6.45) is -29.0. The molecule has 0 fully saturated rings. The fraction of sp³-hybridized carbons (Fsp3) is 0.538. The van der Waals surface area contributed by atoms with E-state index in [4.69, 9.17) is 19.7 Å². The summed E-state index contributed by atoms with van der Waals surface area (Å²) in [4.78, 5) is 0. The number of hydrogen-bond acceptors (Lipinski definition) is 8. The molecule has 3 N–H and O–H groups in total. The van der Waals surface area contributed by atoms with Crippen molar-refractivity contribution in [3.8, 4) is 5.75 Å². The molecule has 2 unspecified atom stereocenters. The molecule has 0 radical (unpaired) electrons. The Bertz CT molecular complexity index is 1150. The average Bonchev–Trinajstić information content (AvgIpc) is 2.91. The molecule has 2 atom stereocenters. The molecule has 0 heterocycles. The first-order valence-corrected chi connectivity index (χ1v) is 12.5. The third kappa shape index (κ3) is 11.0. The lowest BCUT2D eigenvalue weighted by molar-refractivity contribution is -0.528. The van der Waals surface area contributed by atoms with E-state index in [1.165, 1.54) is 24.3 Å². The third-order valence-corrected chi connectivity index (χ3v) is 5.43. The number of benzene rings is 2. The van der Waals surface area contributed by atoms with Crippen LogP contribution < -0.4 is 4.74 Å². The smallest absolute Gasteiger partial charge is 0.453 e. The number of aliphatic hydroxyl groups is 3. The second-order valence-corrected chi connectivity index (χ2v) is 9.16. The number of hydrogen-bond donors (Lipinski definition) is 3. The lowest BCUT2D eigenvalue weighted by atomic mass is 10.1. The molecule has 0 amide bonds. The quantitative estimate of drug-likeness (QED) is 0.136. The molecule has 44 heavy (non-hydrogen) atoms. The van der Waals surface area contributed by atoms with E-state index in [-0.39, 0.29) is 17.9 Å². The monoisotopic (exact) mass is 658 g/mol. The Morgan fingerprint density at radius 2 is 1.16 bits per heavy atom. The predicted octanol–water partition coefficient (Wildman–Crippen LogP) is 5.42. The minimum absolute atomic E-state index is 0.0211. The number of aliphatic hydroxyl groups excluding tert-OH is 3. The molecule has 0 aliphatic carbocycles. The normalized spacial score (nSPS) is 14.9. The van der Waals surface area contributed by atoms with E-state index in [0.29, 0.717) is 12.0 Å². The Labute approximate surface area is 243 Å². The molecule has 250 valence electrons. The van der Waals surface area contributed by atoms with Crippen LogP contribution in [0.25, 0.3) is 0 Å². The SMILES string of the molecule is CCC(O)OCc1ccc(COCC(F)(F)C(F)(F)OC(F)(F)C(F)(F)OC(F)(F)Cc2ccc(OC(O)CO)cc2)cc1. The van der Waals surface area contributed by atoms with Crippen molar-refractivity contribution in [3.05, 3.63) is 65.2 Å². The van der Waals surface area contributed by atoms with Gasteiger partial charge in [-0.25, -0.2) is 9.47 Å². The van der Waals surface area contributed by atoms with Crippen LogP contribution in [0.15, 0.2) is 48.5 Å². The minimum atomic E-state index is -6.69. The fourth-order valence-electron chi connectivity index (χ4n) is 3.12. The van der Waals surface area contributed by atoms with E-state index in [1.807, 2.05) is 0 Å². The van der Waals surface area contributed by atoms with Crippen molar-refractivity contribution >= 4 is 0 Å². The van der Waals surface area contributed by atoms with Gasteiger partial charge in [-0.15, -0.1) is 0 Å². The van der Waals surface area contributed by atoms with Crippen molar-refractivity contribution in [2.24, 2.45) is 0 Å². The summed E-state index contributed by atoms with van der Waals surface area (Å²) in [5.74, 6) is -5.82. The maximum Gasteiger partial charge on any atom is 0.453 e. The molecule has 8 nitrogen and oxygen atoms in total. The van der Waals surface area contributed by atoms with Crippen molar-refractivity contribution in [1.29, 1.82) is 0 Å². The molecular formula is C26H28F10O8. The van der Waals surface area contributed by atoms with Gasteiger partial charge in [-0.3, -0.25) is 0 Å². The second kappa shape index (κ2) is 15.0. The van der Waals surface area contributed by atoms with Gasteiger partial charge in [-0.2, -0.15) is 43.9 Å². The highest BCUT2D eigenvalue weighted by molar-refractivity contribution is 5.28. The van der Waals surface area contributed by atoms with Crippen molar-refractivity contribution < 1.29 is 82.9 Å². The molecule has 2 rings (SSSR count). The second-order valence-electron chi connectivity index (χ2n) is 9.16. The van der Waals surface area contributed by atoms with Crippen LogP contribution in [-0.4, -0.2) is 71.5 Å². The number of ether oxygens (including phenoxy) is 5. The van der Waals surface area contributed by atoms with Crippen LogP contribution >= 0.6 is 0 Å². The molecule has 0 bridgehead atoms. The highest BCUT2D eigenvalue weighted by atomic mass is 19.3. The van der Waals surface area contributed by atoms with Crippen LogP contribution in [0.1, 0.15) is 30.0 Å². The highest BCUT2D eigenvalue weighted by Crippen LogP contribution is 2.47. The maximum absolute atomic E-state index is 14.0. The van der Waals surface area contributed by atoms with Gasteiger partial charge in [0.2, 0.25) is 6.29 Å². The molecule has 0 saturated carbocycles. The topological polar surface area (TPSA) is 107 Å². The fourth-order valence-corrected chi connectivity index (χ4v) is 3.12. The van der Waals surface area contributed by atoms with Gasteiger partial charge in [0.1, 0.15) is 19.0 Å². The van der Waals surface area contributed by atoms with Crippen LogP contribution in [0.4, 0.5) is 43.9 Å². The summed E-state index contributed by atoms with van der Waals surface area (Å²) < 4.78 is 159. The van der Waals surface area contributed by atoms with Crippen LogP contribution in [0.5, 0.6) is 5.75 Å². The maximum atomic E-state index is 14.0. The highest BCUT2D eigenvalue weighted by Gasteiger charge is 2.71. The average molecular weight is 658 g/mol. The molecular weight excluding hydrogens is 630 g/mol. The van der Waals surface area contributed by atoms with Gasteiger partial charge in [0.25, 0.3) is 0 Å². The summed E-state index contributed by atoms with van der Waals surface area (Å²) in [5, 5.41) is 27.2. The summed E-state index contributed by atoms with van der Waals surface area (Å²) in [7, 11) is 0. The Balaban J connectivity index is 1.97. The first-order chi connectivity index (χ1) is 20.2. The zero-order valence-corrected chi connectivity index (χ0v) is 22.7. The Hall–Kier alpha value is -2.74. The van der Waals surface area contributed by atoms with E-state index in [0.717, 1.165) is 24.3 Å². The third-order valence-electron chi connectivity index (χ3n) is 5.43. The first kappa shape index (κ1) is 37.4. The van der Waals surface area contributed by atoms with E-state index in [1.54, 1.807) is 6.92 Å². The Kier molecular flexibility index (Phi) is 12.8. The standard InChI is InChI=1S/C26H28F10O8/c1-2-20(38)41-14-18-5-3-17(4-6-18)13-40-15-22(27,28)24(31,32)44-26(35,36)25(33,34)43-23(29,30)11-16-7-9-19(10-8-16)42-21(39)12-37/h3-10,20-21,37-39H,2,11-15H2,1H3. The van der Waals surface area contributed by atoms with Gasteiger partial charge in [0.05, 0.1) is 19.6 Å². The van der Waals surface area contributed by atoms with Crippen molar-refractivity contribution in [3.63, 3.8) is 0 Å². The first-order valence-electron chi connectivity index (χ1n) is 12.5. The Morgan fingerprint density at radius 3 is 1.68 bits per heavy atom. The zero-order valence-electron chi connectivity index (χ0n) is 22.7. The van der Waals surface area contributed by atoms with Gasteiger partial charge >= 0.3 is 30.4 Å².